The summed E-state index contributed by atoms with van der Waals surface area (Å²) in [6, 6.07) is 0.648. The Kier molecular flexibility index (Phi) is 4.34. The molecule has 0 amide bonds. The minimum Gasteiger partial charge on any atom is -0.394 e. The Hall–Kier alpha value is -1.23. The number of nitrogens with two attached hydrogens (primary N) is 1. The standard InChI is InChI=1S/C14H27N5/c1-5-18-9-7-8-12(18)10-17(4)14-13(15)11(3)16-19(14)6-2/h12H,5-10,15H2,1-4H3. The van der Waals surface area contributed by atoms with Gasteiger partial charge in [-0.05, 0) is 39.8 Å². The molecule has 2 N–H and O–H groups in total. The van der Waals surface area contributed by atoms with E-state index in [2.05, 4.69) is 35.8 Å². The number of aryl methyl sites for hydroxylation is 2. The second-order valence-corrected chi connectivity index (χ2v) is 5.44. The van der Waals surface area contributed by atoms with Gasteiger partial charge in [-0.1, -0.05) is 6.92 Å². The fraction of sp³-hybridized carbons (Fsp3) is 0.786. The highest BCUT2D eigenvalue weighted by atomic mass is 15.4. The topological polar surface area (TPSA) is 50.3 Å². The van der Waals surface area contributed by atoms with Crippen molar-refractivity contribution in [3.63, 3.8) is 0 Å². The van der Waals surface area contributed by atoms with E-state index in [0.717, 1.165) is 36.8 Å². The maximum absolute atomic E-state index is 6.18. The fourth-order valence-electron chi connectivity index (χ4n) is 3.13. The van der Waals surface area contributed by atoms with Crippen molar-refractivity contribution in [2.24, 2.45) is 0 Å². The fourth-order valence-corrected chi connectivity index (χ4v) is 3.13. The first kappa shape index (κ1) is 14.2. The summed E-state index contributed by atoms with van der Waals surface area (Å²) in [5.41, 5.74) is 7.94. The Morgan fingerprint density at radius 1 is 1.37 bits per heavy atom. The summed E-state index contributed by atoms with van der Waals surface area (Å²) >= 11 is 0. The quantitative estimate of drug-likeness (QED) is 0.880. The summed E-state index contributed by atoms with van der Waals surface area (Å²) in [6.45, 7) is 10.6. The van der Waals surface area contributed by atoms with E-state index in [-0.39, 0.29) is 0 Å². The van der Waals surface area contributed by atoms with E-state index in [0.29, 0.717) is 6.04 Å². The lowest BCUT2D eigenvalue weighted by molar-refractivity contribution is 0.270. The molecule has 0 radical (unpaired) electrons. The van der Waals surface area contributed by atoms with Crippen LogP contribution in [0.2, 0.25) is 0 Å². The Balaban J connectivity index is 2.13. The summed E-state index contributed by atoms with van der Waals surface area (Å²) < 4.78 is 2.01. The Labute approximate surface area is 116 Å². The zero-order valence-electron chi connectivity index (χ0n) is 12.7. The Morgan fingerprint density at radius 3 is 2.74 bits per heavy atom. The van der Waals surface area contributed by atoms with Gasteiger partial charge in [0.05, 0.1) is 11.4 Å². The van der Waals surface area contributed by atoms with E-state index in [1.807, 2.05) is 11.6 Å². The van der Waals surface area contributed by atoms with Gasteiger partial charge in [-0.2, -0.15) is 5.10 Å². The molecule has 0 aliphatic carbocycles. The summed E-state index contributed by atoms with van der Waals surface area (Å²) in [5, 5.41) is 4.50. The van der Waals surface area contributed by atoms with Crippen molar-refractivity contribution in [3.8, 4) is 0 Å². The van der Waals surface area contributed by atoms with Crippen LogP contribution in [0.5, 0.6) is 0 Å². The first-order valence-corrected chi connectivity index (χ1v) is 7.36. The van der Waals surface area contributed by atoms with Gasteiger partial charge in [0.25, 0.3) is 0 Å². The van der Waals surface area contributed by atoms with Gasteiger partial charge in [-0.25, -0.2) is 4.68 Å². The summed E-state index contributed by atoms with van der Waals surface area (Å²) in [6.07, 6.45) is 2.60. The van der Waals surface area contributed by atoms with Crippen LogP contribution in [0.3, 0.4) is 0 Å². The predicted octanol–water partition coefficient (Wildman–Crippen LogP) is 1.71. The number of hydrogen-bond acceptors (Lipinski definition) is 4. The number of likely N-dealkylation sites (N-methyl/N-ethyl adjacent to an activating group) is 2. The summed E-state index contributed by atoms with van der Waals surface area (Å²) in [4.78, 5) is 4.84. The van der Waals surface area contributed by atoms with Crippen molar-refractivity contribution in [2.75, 3.05) is 37.3 Å². The average Bonchev–Trinajstić information content (AvgIpc) is 2.94. The molecular weight excluding hydrogens is 238 g/mol. The molecule has 1 atom stereocenters. The molecule has 108 valence electrons. The van der Waals surface area contributed by atoms with Crippen LogP contribution in [0.4, 0.5) is 11.5 Å². The minimum absolute atomic E-state index is 0.648. The molecule has 0 spiro atoms. The van der Waals surface area contributed by atoms with E-state index in [4.69, 9.17) is 5.73 Å². The van der Waals surface area contributed by atoms with Crippen LogP contribution in [-0.4, -0.2) is 47.4 Å². The minimum atomic E-state index is 0.648. The first-order chi connectivity index (χ1) is 9.08. The van der Waals surface area contributed by atoms with Crippen molar-refractivity contribution in [2.45, 2.75) is 46.2 Å². The number of nitrogens with zero attached hydrogens (tertiary/aromatic N) is 4. The van der Waals surface area contributed by atoms with Gasteiger partial charge in [-0.15, -0.1) is 0 Å². The van der Waals surface area contributed by atoms with Crippen molar-refractivity contribution < 1.29 is 0 Å². The number of hydrogen-bond donors (Lipinski definition) is 1. The average molecular weight is 265 g/mol. The molecule has 0 saturated carbocycles. The third kappa shape index (κ3) is 2.71. The SMILES string of the molecule is CCN1CCCC1CN(C)c1c(N)c(C)nn1CC. The normalized spacial score (nSPS) is 20.1. The molecule has 2 rings (SSSR count). The molecular formula is C14H27N5. The highest BCUT2D eigenvalue weighted by Gasteiger charge is 2.26. The van der Waals surface area contributed by atoms with Crippen molar-refractivity contribution >= 4 is 11.5 Å². The molecule has 0 bridgehead atoms. The van der Waals surface area contributed by atoms with Crippen LogP contribution < -0.4 is 10.6 Å². The van der Waals surface area contributed by atoms with Gasteiger partial charge in [0.2, 0.25) is 0 Å². The van der Waals surface area contributed by atoms with Gasteiger partial charge >= 0.3 is 0 Å². The molecule has 19 heavy (non-hydrogen) atoms. The number of likely N-dealkylation sites (tertiary alicyclic amines) is 1. The zero-order valence-corrected chi connectivity index (χ0v) is 12.7. The molecule has 5 heteroatoms. The van der Waals surface area contributed by atoms with Crippen LogP contribution in [0.15, 0.2) is 0 Å². The van der Waals surface area contributed by atoms with Crippen molar-refractivity contribution in [3.05, 3.63) is 5.69 Å². The van der Waals surface area contributed by atoms with E-state index in [1.165, 1.54) is 19.4 Å². The molecule has 1 fully saturated rings. The molecule has 1 saturated heterocycles. The van der Waals surface area contributed by atoms with Crippen LogP contribution in [0.1, 0.15) is 32.4 Å². The van der Waals surface area contributed by atoms with Crippen LogP contribution in [0.25, 0.3) is 0 Å². The lowest BCUT2D eigenvalue weighted by Gasteiger charge is -2.29. The van der Waals surface area contributed by atoms with E-state index < -0.39 is 0 Å². The zero-order chi connectivity index (χ0) is 14.0. The molecule has 5 nitrogen and oxygen atoms in total. The van der Waals surface area contributed by atoms with Crippen LogP contribution in [0, 0.1) is 6.92 Å². The largest absolute Gasteiger partial charge is 0.394 e. The Bertz CT molecular complexity index is 426. The number of nitrogen functional groups attached to an aromatic ring is 1. The van der Waals surface area contributed by atoms with E-state index in [9.17, 15) is 0 Å². The lowest BCUT2D eigenvalue weighted by Crippen LogP contribution is -2.39. The molecule has 1 aromatic heterocycles. The third-order valence-electron chi connectivity index (χ3n) is 4.20. The second-order valence-electron chi connectivity index (χ2n) is 5.44. The van der Waals surface area contributed by atoms with Crippen molar-refractivity contribution in [1.82, 2.24) is 14.7 Å². The van der Waals surface area contributed by atoms with Crippen molar-refractivity contribution in [1.29, 1.82) is 0 Å². The lowest BCUT2D eigenvalue weighted by atomic mass is 10.2. The maximum atomic E-state index is 6.18. The molecule has 1 aromatic rings. The first-order valence-electron chi connectivity index (χ1n) is 7.36. The molecule has 0 aromatic carbocycles. The number of aromatic nitrogens is 2. The smallest absolute Gasteiger partial charge is 0.150 e. The van der Waals surface area contributed by atoms with E-state index in [1.54, 1.807) is 0 Å². The summed E-state index contributed by atoms with van der Waals surface area (Å²) in [7, 11) is 2.13. The summed E-state index contributed by atoms with van der Waals surface area (Å²) in [5.74, 6) is 1.07. The monoisotopic (exact) mass is 265 g/mol. The van der Waals surface area contributed by atoms with Crippen LogP contribution >= 0.6 is 0 Å². The molecule has 2 heterocycles. The van der Waals surface area contributed by atoms with E-state index >= 15 is 0 Å². The highest BCUT2D eigenvalue weighted by molar-refractivity contribution is 5.66. The van der Waals surface area contributed by atoms with Gasteiger partial charge in [0.15, 0.2) is 0 Å². The highest BCUT2D eigenvalue weighted by Crippen LogP contribution is 2.27. The number of rotatable bonds is 5. The van der Waals surface area contributed by atoms with Gasteiger partial charge in [0, 0.05) is 26.2 Å². The molecule has 1 unspecified atom stereocenters. The second kappa shape index (κ2) is 5.82. The predicted molar refractivity (Wildman–Crippen MR) is 80.6 cm³/mol. The number of anilines is 2. The third-order valence-corrected chi connectivity index (χ3v) is 4.20. The van der Waals surface area contributed by atoms with Gasteiger partial charge in [-0.3, -0.25) is 4.90 Å². The van der Waals surface area contributed by atoms with Crippen LogP contribution in [-0.2, 0) is 6.54 Å². The maximum Gasteiger partial charge on any atom is 0.150 e. The van der Waals surface area contributed by atoms with Gasteiger partial charge in [0.1, 0.15) is 5.82 Å². The van der Waals surface area contributed by atoms with Gasteiger partial charge < -0.3 is 10.6 Å². The molecule has 1 aliphatic heterocycles. The Morgan fingerprint density at radius 2 is 2.11 bits per heavy atom. The molecule has 1 aliphatic rings.